The normalized spacial score (nSPS) is 23.1. The van der Waals surface area contributed by atoms with Crippen LogP contribution in [0.2, 0.25) is 0 Å². The molecule has 28 heavy (non-hydrogen) atoms. The second kappa shape index (κ2) is 7.73. The predicted octanol–water partition coefficient (Wildman–Crippen LogP) is 1.35. The maximum atomic E-state index is 13.4. The second-order valence-corrected chi connectivity index (χ2v) is 8.04. The molecule has 146 valence electrons. The summed E-state index contributed by atoms with van der Waals surface area (Å²) >= 11 is 1.66. The highest BCUT2D eigenvalue weighted by molar-refractivity contribution is 7.09. The summed E-state index contributed by atoms with van der Waals surface area (Å²) < 4.78 is 0. The largest absolute Gasteiger partial charge is 0.336 e. The molecule has 2 aliphatic rings. The van der Waals surface area contributed by atoms with Gasteiger partial charge in [0.1, 0.15) is 12.2 Å². The topological polar surface area (TPSA) is 64.2 Å². The zero-order valence-electron chi connectivity index (χ0n) is 15.6. The third kappa shape index (κ3) is 3.29. The average Bonchev–Trinajstić information content (AvgIpc) is 3.21. The molecule has 0 spiro atoms. The zero-order valence-corrected chi connectivity index (χ0v) is 16.4. The van der Waals surface area contributed by atoms with Crippen LogP contribution in [0, 0.1) is 0 Å². The summed E-state index contributed by atoms with van der Waals surface area (Å²) in [5.74, 6) is -0.242. The van der Waals surface area contributed by atoms with E-state index >= 15 is 0 Å². The van der Waals surface area contributed by atoms with E-state index in [1.54, 1.807) is 33.2 Å². The highest BCUT2D eigenvalue weighted by atomic mass is 32.1. The van der Waals surface area contributed by atoms with Crippen LogP contribution < -0.4 is 0 Å². The van der Waals surface area contributed by atoms with Crippen molar-refractivity contribution < 1.29 is 14.4 Å². The van der Waals surface area contributed by atoms with Crippen LogP contribution in [0.5, 0.6) is 0 Å². The van der Waals surface area contributed by atoms with Crippen LogP contribution in [0.1, 0.15) is 16.5 Å². The first-order valence-electron chi connectivity index (χ1n) is 9.22. The van der Waals surface area contributed by atoms with Crippen molar-refractivity contribution in [2.45, 2.75) is 18.6 Å². The Hall–Kier alpha value is -2.71. The lowest BCUT2D eigenvalue weighted by Crippen LogP contribution is -2.71. The monoisotopic (exact) mass is 398 g/mol. The van der Waals surface area contributed by atoms with E-state index in [1.807, 2.05) is 41.8 Å². The Bertz CT molecular complexity index is 858. The van der Waals surface area contributed by atoms with Crippen LogP contribution in [0.15, 0.2) is 47.8 Å². The summed E-state index contributed by atoms with van der Waals surface area (Å²) in [6.07, 6.45) is 0.983. The summed E-state index contributed by atoms with van der Waals surface area (Å²) in [5.41, 5.74) is 0.766. The molecule has 3 heterocycles. The van der Waals surface area contributed by atoms with Gasteiger partial charge in [0.05, 0.1) is 13.1 Å². The fourth-order valence-corrected chi connectivity index (χ4v) is 4.64. The Kier molecular flexibility index (Phi) is 5.15. The number of piperazine rings is 1. The van der Waals surface area contributed by atoms with E-state index in [-0.39, 0.29) is 18.4 Å². The molecule has 2 aromatic rings. The molecule has 0 N–H and O–H groups in total. The van der Waals surface area contributed by atoms with Crippen LogP contribution in [0.4, 0.5) is 0 Å². The molecule has 2 fully saturated rings. The molecule has 8 heteroatoms. The summed E-state index contributed by atoms with van der Waals surface area (Å²) in [6, 6.07) is 12.7. The van der Waals surface area contributed by atoms with E-state index in [2.05, 4.69) is 6.07 Å². The van der Waals surface area contributed by atoms with Gasteiger partial charge in [0.25, 0.3) is 0 Å². The molecule has 7 nitrogen and oxygen atoms in total. The minimum Gasteiger partial charge on any atom is -0.336 e. The summed E-state index contributed by atoms with van der Waals surface area (Å²) in [5, 5.41) is 5.15. The minimum absolute atomic E-state index is 0.0705. The fourth-order valence-electron chi connectivity index (χ4n) is 3.94. The molecule has 0 radical (unpaired) electrons. The Labute approximate surface area is 167 Å². The third-order valence-corrected chi connectivity index (χ3v) is 6.25. The maximum Gasteiger partial charge on any atom is 0.250 e. The molecule has 1 aromatic carbocycles. The van der Waals surface area contributed by atoms with E-state index in [4.69, 9.17) is 0 Å². The smallest absolute Gasteiger partial charge is 0.250 e. The van der Waals surface area contributed by atoms with Gasteiger partial charge in [-0.2, -0.15) is 0 Å². The van der Waals surface area contributed by atoms with Gasteiger partial charge in [0, 0.05) is 18.5 Å². The lowest BCUT2D eigenvalue weighted by Gasteiger charge is -2.53. The van der Waals surface area contributed by atoms with Gasteiger partial charge in [-0.15, -0.1) is 11.3 Å². The van der Waals surface area contributed by atoms with Gasteiger partial charge < -0.3 is 9.80 Å². The second-order valence-electron chi connectivity index (χ2n) is 7.01. The molecule has 2 aliphatic heterocycles. The summed E-state index contributed by atoms with van der Waals surface area (Å²) in [7, 11) is 1.72. The van der Waals surface area contributed by atoms with Gasteiger partial charge in [-0.1, -0.05) is 36.4 Å². The Balaban J connectivity index is 1.68. The molecule has 3 amide bonds. The standard InChI is InChI=1S/C20H22N4O3S/c1-21-13-18(26)24-17(23(21)14-25)12-22(10-9-16-8-5-11-28-16)20(27)19(24)15-6-3-2-4-7-15/h2-8,11,14,17,19H,9-10,12-13H2,1H3/t17?,19-/m0/s1. The van der Waals surface area contributed by atoms with Crippen LogP contribution in [0.3, 0.4) is 0 Å². The molecule has 0 aliphatic carbocycles. The summed E-state index contributed by atoms with van der Waals surface area (Å²) in [6.45, 7) is 0.932. The lowest BCUT2D eigenvalue weighted by atomic mass is 9.98. The van der Waals surface area contributed by atoms with Gasteiger partial charge in [-0.25, -0.2) is 5.01 Å². The van der Waals surface area contributed by atoms with Gasteiger partial charge in [-0.3, -0.25) is 19.4 Å². The van der Waals surface area contributed by atoms with Crippen molar-refractivity contribution in [3.05, 3.63) is 58.3 Å². The number of hydrogen-bond acceptors (Lipinski definition) is 5. The molecule has 1 unspecified atom stereocenters. The van der Waals surface area contributed by atoms with Gasteiger partial charge in [0.2, 0.25) is 18.2 Å². The average molecular weight is 398 g/mol. The van der Waals surface area contributed by atoms with E-state index in [9.17, 15) is 14.4 Å². The van der Waals surface area contributed by atoms with E-state index in [0.717, 1.165) is 18.4 Å². The number of nitrogens with zero attached hydrogens (tertiary/aromatic N) is 4. The number of hydrazine groups is 1. The van der Waals surface area contributed by atoms with Crippen LogP contribution >= 0.6 is 11.3 Å². The van der Waals surface area contributed by atoms with Crippen molar-refractivity contribution in [2.75, 3.05) is 26.7 Å². The number of benzene rings is 1. The van der Waals surface area contributed by atoms with Crippen LogP contribution in [-0.2, 0) is 20.8 Å². The Morgan fingerprint density at radius 1 is 1.14 bits per heavy atom. The lowest BCUT2D eigenvalue weighted by molar-refractivity contribution is -0.196. The quantitative estimate of drug-likeness (QED) is 0.714. The zero-order chi connectivity index (χ0) is 19.7. The first kappa shape index (κ1) is 18.6. The molecule has 0 bridgehead atoms. The third-order valence-electron chi connectivity index (χ3n) is 5.31. The first-order chi connectivity index (χ1) is 13.6. The number of hydrogen-bond donors (Lipinski definition) is 0. The minimum atomic E-state index is -0.716. The van der Waals surface area contributed by atoms with Crippen molar-refractivity contribution in [3.8, 4) is 0 Å². The molecule has 2 saturated heterocycles. The van der Waals surface area contributed by atoms with E-state index < -0.39 is 12.2 Å². The van der Waals surface area contributed by atoms with Crippen LogP contribution in [0.25, 0.3) is 0 Å². The highest BCUT2D eigenvalue weighted by Crippen LogP contribution is 2.33. The molecular weight excluding hydrogens is 376 g/mol. The predicted molar refractivity (Wildman–Crippen MR) is 105 cm³/mol. The van der Waals surface area contributed by atoms with E-state index in [0.29, 0.717) is 13.1 Å². The van der Waals surface area contributed by atoms with Gasteiger partial charge in [-0.05, 0) is 23.4 Å². The first-order valence-corrected chi connectivity index (χ1v) is 10.1. The number of likely N-dealkylation sites (N-methyl/N-ethyl adjacent to an activating group) is 1. The number of rotatable bonds is 5. The molecule has 1 aromatic heterocycles. The number of fused-ring (bicyclic) bond motifs is 1. The van der Waals surface area contributed by atoms with Crippen molar-refractivity contribution in [2.24, 2.45) is 0 Å². The Morgan fingerprint density at radius 2 is 1.93 bits per heavy atom. The molecule has 2 atom stereocenters. The molecule has 4 rings (SSSR count). The molecular formula is C20H22N4O3S. The number of carbonyl (C=O) groups excluding carboxylic acids is 3. The molecule has 0 saturated carbocycles. The van der Waals surface area contributed by atoms with Crippen molar-refractivity contribution in [3.63, 3.8) is 0 Å². The van der Waals surface area contributed by atoms with Crippen molar-refractivity contribution in [1.29, 1.82) is 0 Å². The van der Waals surface area contributed by atoms with E-state index in [1.165, 1.54) is 9.89 Å². The number of thiophene rings is 1. The maximum absolute atomic E-state index is 13.4. The van der Waals surface area contributed by atoms with Crippen LogP contribution in [-0.4, -0.2) is 70.9 Å². The summed E-state index contributed by atoms with van der Waals surface area (Å²) in [4.78, 5) is 42.5. The van der Waals surface area contributed by atoms with Crippen molar-refractivity contribution in [1.82, 2.24) is 19.8 Å². The Morgan fingerprint density at radius 3 is 2.61 bits per heavy atom. The van der Waals surface area contributed by atoms with Gasteiger partial charge in [0.15, 0.2) is 0 Å². The number of carbonyl (C=O) groups is 3. The van der Waals surface area contributed by atoms with Gasteiger partial charge >= 0.3 is 0 Å². The number of amides is 3. The fraction of sp³-hybridized carbons (Fsp3) is 0.350. The van der Waals surface area contributed by atoms with Crippen molar-refractivity contribution >= 4 is 29.6 Å². The highest BCUT2D eigenvalue weighted by Gasteiger charge is 2.49. The SMILES string of the molecule is CN1CC(=O)N2C(CN(CCc3cccs3)C(=O)[C@@H]2c2ccccc2)N1C=O.